The van der Waals surface area contributed by atoms with E-state index in [4.69, 9.17) is 4.74 Å². The molecule has 0 saturated carbocycles. The van der Waals surface area contributed by atoms with Crippen molar-refractivity contribution >= 4 is 22.6 Å². The summed E-state index contributed by atoms with van der Waals surface area (Å²) in [7, 11) is 0. The Labute approximate surface area is 142 Å². The molecule has 0 spiro atoms. The first-order valence-electron chi connectivity index (χ1n) is 9.15. The van der Waals surface area contributed by atoms with Crippen LogP contribution in [0.25, 0.3) is 10.9 Å². The minimum Gasteiger partial charge on any atom is -0.466 e. The SMILES string of the molecule is CCOC(=O)CCC1CCC[N+]2=C1c1[nH]c3ccccc3c1CC2. The van der Waals surface area contributed by atoms with E-state index in [1.165, 1.54) is 40.7 Å². The molecule has 0 bridgehead atoms. The van der Waals surface area contributed by atoms with E-state index in [9.17, 15) is 4.79 Å². The van der Waals surface area contributed by atoms with Crippen LogP contribution in [0.5, 0.6) is 0 Å². The Bertz CT molecular complexity index is 803. The van der Waals surface area contributed by atoms with E-state index in [1.807, 2.05) is 6.92 Å². The smallest absolute Gasteiger partial charge is 0.305 e. The summed E-state index contributed by atoms with van der Waals surface area (Å²) in [6.45, 7) is 4.57. The Morgan fingerprint density at radius 3 is 3.08 bits per heavy atom. The second-order valence-corrected chi connectivity index (χ2v) is 6.83. The van der Waals surface area contributed by atoms with Crippen molar-refractivity contribution in [3.63, 3.8) is 0 Å². The molecule has 1 atom stereocenters. The monoisotopic (exact) mass is 325 g/mol. The van der Waals surface area contributed by atoms with Gasteiger partial charge in [0.2, 0.25) is 5.71 Å². The number of aromatic nitrogens is 1. The fourth-order valence-corrected chi connectivity index (χ4v) is 4.37. The van der Waals surface area contributed by atoms with Gasteiger partial charge in [-0.3, -0.25) is 4.79 Å². The van der Waals surface area contributed by atoms with Gasteiger partial charge in [-0.1, -0.05) is 18.2 Å². The van der Waals surface area contributed by atoms with Crippen LogP contribution in [0.3, 0.4) is 0 Å². The lowest BCUT2D eigenvalue weighted by molar-refractivity contribution is -0.535. The zero-order valence-corrected chi connectivity index (χ0v) is 14.3. The van der Waals surface area contributed by atoms with Crippen LogP contribution >= 0.6 is 0 Å². The molecule has 1 aromatic carbocycles. The van der Waals surface area contributed by atoms with Crippen molar-refractivity contribution in [3.8, 4) is 0 Å². The molecule has 0 saturated heterocycles. The number of aromatic amines is 1. The molecular formula is C20H25N2O2+. The number of hydrogen-bond donors (Lipinski definition) is 1. The van der Waals surface area contributed by atoms with E-state index in [1.54, 1.807) is 0 Å². The number of hydrogen-bond acceptors (Lipinski definition) is 2. The number of benzene rings is 1. The summed E-state index contributed by atoms with van der Waals surface area (Å²) >= 11 is 0. The minimum atomic E-state index is -0.0668. The van der Waals surface area contributed by atoms with Gasteiger partial charge in [0.25, 0.3) is 0 Å². The third-order valence-electron chi connectivity index (χ3n) is 5.41. The summed E-state index contributed by atoms with van der Waals surface area (Å²) < 4.78 is 7.66. The topological polar surface area (TPSA) is 45.1 Å². The second kappa shape index (κ2) is 6.42. The number of nitrogens with zero attached hydrogens (tertiary/aromatic N) is 1. The molecule has 1 aromatic heterocycles. The lowest BCUT2D eigenvalue weighted by Gasteiger charge is -2.26. The molecule has 0 fully saturated rings. The average molecular weight is 325 g/mol. The molecule has 0 aliphatic carbocycles. The number of carbonyl (C=O) groups excluding carboxylic acids is 1. The number of carbonyl (C=O) groups is 1. The average Bonchev–Trinajstić information content (AvgIpc) is 2.99. The molecule has 2 aliphatic rings. The number of esters is 1. The molecule has 2 aromatic rings. The van der Waals surface area contributed by atoms with E-state index < -0.39 is 0 Å². The highest BCUT2D eigenvalue weighted by Crippen LogP contribution is 2.32. The second-order valence-electron chi connectivity index (χ2n) is 6.83. The van der Waals surface area contributed by atoms with Gasteiger partial charge in [0.15, 0.2) is 0 Å². The van der Waals surface area contributed by atoms with Crippen LogP contribution in [0.15, 0.2) is 24.3 Å². The van der Waals surface area contributed by atoms with Crippen molar-refractivity contribution in [1.82, 2.24) is 4.98 Å². The molecule has 126 valence electrons. The van der Waals surface area contributed by atoms with Crippen molar-refractivity contribution in [2.75, 3.05) is 19.7 Å². The number of nitrogens with one attached hydrogen (secondary N) is 1. The Morgan fingerprint density at radius 1 is 1.33 bits per heavy atom. The summed E-state index contributed by atoms with van der Waals surface area (Å²) in [5.74, 6) is 0.387. The van der Waals surface area contributed by atoms with E-state index in [-0.39, 0.29) is 5.97 Å². The third kappa shape index (κ3) is 2.64. The molecule has 1 N–H and O–H groups in total. The minimum absolute atomic E-state index is 0.0668. The Hall–Kier alpha value is -2.10. The van der Waals surface area contributed by atoms with E-state index in [2.05, 4.69) is 33.8 Å². The van der Waals surface area contributed by atoms with Gasteiger partial charge < -0.3 is 9.72 Å². The highest BCUT2D eigenvalue weighted by Gasteiger charge is 2.37. The van der Waals surface area contributed by atoms with Gasteiger partial charge in [-0.25, -0.2) is 4.58 Å². The standard InChI is InChI=1S/C20H24N2O2/c1-2-24-18(23)10-9-14-6-5-12-22-13-11-16-15-7-3-4-8-17(15)21-19(16)20(14)22/h3-4,7-8,14H,2,5-6,9-13H2,1H3/p+1. The highest BCUT2D eigenvalue weighted by atomic mass is 16.5. The first kappa shape index (κ1) is 15.4. The number of ether oxygens (including phenoxy) is 1. The highest BCUT2D eigenvalue weighted by molar-refractivity contribution is 6.04. The zero-order valence-electron chi connectivity index (χ0n) is 14.3. The van der Waals surface area contributed by atoms with E-state index in [0.717, 1.165) is 25.9 Å². The van der Waals surface area contributed by atoms with Gasteiger partial charge >= 0.3 is 5.97 Å². The van der Waals surface area contributed by atoms with Crippen LogP contribution in [0, 0.1) is 5.92 Å². The van der Waals surface area contributed by atoms with Crippen LogP contribution in [0.1, 0.15) is 43.9 Å². The molecule has 1 unspecified atom stereocenters. The fraction of sp³-hybridized carbons (Fsp3) is 0.500. The van der Waals surface area contributed by atoms with Gasteiger partial charge in [-0.2, -0.15) is 0 Å². The Balaban J connectivity index is 1.67. The molecule has 3 heterocycles. The first-order chi connectivity index (χ1) is 11.8. The summed E-state index contributed by atoms with van der Waals surface area (Å²) in [4.78, 5) is 15.4. The number of H-pyrrole nitrogens is 1. The van der Waals surface area contributed by atoms with Gasteiger partial charge in [0.1, 0.15) is 18.8 Å². The summed E-state index contributed by atoms with van der Waals surface area (Å²) in [6, 6.07) is 8.59. The molecule has 4 nitrogen and oxygen atoms in total. The maximum absolute atomic E-state index is 11.8. The van der Waals surface area contributed by atoms with Crippen LogP contribution < -0.4 is 0 Å². The van der Waals surface area contributed by atoms with Crippen molar-refractivity contribution < 1.29 is 14.1 Å². The van der Waals surface area contributed by atoms with Gasteiger partial charge in [-0.15, -0.1) is 0 Å². The zero-order chi connectivity index (χ0) is 16.5. The molecule has 0 amide bonds. The number of fused-ring (bicyclic) bond motifs is 4. The normalized spacial score (nSPS) is 20.0. The van der Waals surface area contributed by atoms with Crippen LogP contribution in [0.2, 0.25) is 0 Å². The van der Waals surface area contributed by atoms with Crippen LogP contribution in [0.4, 0.5) is 0 Å². The quantitative estimate of drug-likeness (QED) is 0.692. The van der Waals surface area contributed by atoms with Crippen molar-refractivity contribution in [2.24, 2.45) is 5.92 Å². The maximum atomic E-state index is 11.8. The van der Waals surface area contributed by atoms with Crippen molar-refractivity contribution in [1.29, 1.82) is 0 Å². The molecule has 4 heteroatoms. The van der Waals surface area contributed by atoms with Gasteiger partial charge in [-0.05, 0) is 31.4 Å². The Kier molecular flexibility index (Phi) is 4.13. The molecule has 24 heavy (non-hydrogen) atoms. The van der Waals surface area contributed by atoms with Gasteiger partial charge in [0, 0.05) is 36.1 Å². The van der Waals surface area contributed by atoms with E-state index in [0.29, 0.717) is 18.9 Å². The summed E-state index contributed by atoms with van der Waals surface area (Å²) in [6.07, 6.45) is 4.89. The fourth-order valence-electron chi connectivity index (χ4n) is 4.37. The first-order valence-corrected chi connectivity index (χ1v) is 9.15. The number of rotatable bonds is 4. The van der Waals surface area contributed by atoms with Crippen LogP contribution in [-0.4, -0.2) is 40.9 Å². The lowest BCUT2D eigenvalue weighted by atomic mass is 9.84. The Morgan fingerprint density at radius 2 is 2.21 bits per heavy atom. The van der Waals surface area contributed by atoms with Crippen LogP contribution in [-0.2, 0) is 16.0 Å². The van der Waals surface area contributed by atoms with Crippen molar-refractivity contribution in [2.45, 2.75) is 39.0 Å². The van der Waals surface area contributed by atoms with Gasteiger partial charge in [0.05, 0.1) is 6.61 Å². The third-order valence-corrected chi connectivity index (χ3v) is 5.41. The van der Waals surface area contributed by atoms with Crippen molar-refractivity contribution in [3.05, 3.63) is 35.5 Å². The predicted molar refractivity (Wildman–Crippen MR) is 94.7 cm³/mol. The summed E-state index contributed by atoms with van der Waals surface area (Å²) in [5.41, 5.74) is 5.44. The largest absolute Gasteiger partial charge is 0.466 e. The van der Waals surface area contributed by atoms with E-state index >= 15 is 0 Å². The number of para-hydroxylation sites is 1. The summed E-state index contributed by atoms with van der Waals surface area (Å²) in [5, 5.41) is 1.36. The lowest BCUT2D eigenvalue weighted by Crippen LogP contribution is -2.39. The molecule has 2 aliphatic heterocycles. The molecule has 0 radical (unpaired) electrons. The molecule has 4 rings (SSSR count). The molecular weight excluding hydrogens is 300 g/mol. The predicted octanol–water partition coefficient (Wildman–Crippen LogP) is 3.28. The maximum Gasteiger partial charge on any atom is 0.305 e.